The summed E-state index contributed by atoms with van der Waals surface area (Å²) in [5.41, 5.74) is 0.978. The number of ether oxygens (including phenoxy) is 1. The van der Waals surface area contributed by atoms with Crippen LogP contribution in [-0.4, -0.2) is 6.61 Å². The number of nitrogens with zero attached hydrogens (tertiary/aromatic N) is 1. The maximum atomic E-state index is 8.89. The van der Waals surface area contributed by atoms with Crippen molar-refractivity contribution in [1.29, 1.82) is 5.26 Å². The van der Waals surface area contributed by atoms with E-state index in [1.807, 2.05) is 26.0 Å². The lowest BCUT2D eigenvalue weighted by molar-refractivity contribution is 0.115. The average Bonchev–Trinajstić information content (AvgIpc) is 2.34. The Labute approximate surface area is 118 Å². The third-order valence-corrected chi connectivity index (χ3v) is 3.29. The van der Waals surface area contributed by atoms with Crippen LogP contribution in [0, 0.1) is 16.7 Å². The van der Waals surface area contributed by atoms with E-state index in [1.165, 1.54) is 5.56 Å². The van der Waals surface area contributed by atoms with Crippen molar-refractivity contribution in [3.05, 3.63) is 34.3 Å². The second-order valence-corrected chi connectivity index (χ2v) is 6.05. The summed E-state index contributed by atoms with van der Waals surface area (Å²) in [6.45, 7) is 5.37. The van der Waals surface area contributed by atoms with Gasteiger partial charge in [-0.25, -0.2) is 0 Å². The Kier molecular flexibility index (Phi) is 6.38. The lowest BCUT2D eigenvalue weighted by Crippen LogP contribution is -2.07. The summed E-state index contributed by atoms with van der Waals surface area (Å²) in [5, 5.41) is 8.89. The Hall–Kier alpha value is -0.850. The second kappa shape index (κ2) is 7.56. The molecule has 1 aromatic rings. The van der Waals surface area contributed by atoms with Crippen molar-refractivity contribution in [3.63, 3.8) is 0 Å². The number of hydrogen-bond donors (Lipinski definition) is 0. The van der Waals surface area contributed by atoms with Gasteiger partial charge in [-0.2, -0.15) is 5.26 Å². The van der Waals surface area contributed by atoms with Gasteiger partial charge in [0, 0.05) is 11.1 Å². The molecule has 0 aromatic heterocycles. The van der Waals surface area contributed by atoms with E-state index in [2.05, 4.69) is 34.1 Å². The fraction of sp³-hybridized carbons (Fsp3) is 0.533. The van der Waals surface area contributed by atoms with Gasteiger partial charge >= 0.3 is 0 Å². The Morgan fingerprint density at radius 3 is 2.78 bits per heavy atom. The molecule has 0 saturated heterocycles. The van der Waals surface area contributed by atoms with E-state index in [0.717, 1.165) is 30.3 Å². The van der Waals surface area contributed by atoms with Gasteiger partial charge in [-0.1, -0.05) is 28.1 Å². The Morgan fingerprint density at radius 2 is 2.11 bits per heavy atom. The number of benzene rings is 1. The Balaban J connectivity index is 2.11. The van der Waals surface area contributed by atoms with E-state index in [0.29, 0.717) is 6.61 Å². The van der Waals surface area contributed by atoms with Crippen molar-refractivity contribution < 1.29 is 4.74 Å². The standard InChI is InChI=1S/C15H20BrNO/c1-15(2,12-17)8-3-4-9-18-11-13-6-5-7-14(16)10-13/h5-7,10H,3-4,8-9,11H2,1-2H3. The van der Waals surface area contributed by atoms with Crippen LogP contribution >= 0.6 is 15.9 Å². The molecule has 0 bridgehead atoms. The molecule has 98 valence electrons. The minimum atomic E-state index is -0.204. The van der Waals surface area contributed by atoms with Crippen LogP contribution in [0.1, 0.15) is 38.7 Å². The van der Waals surface area contributed by atoms with Gasteiger partial charge in [-0.3, -0.25) is 0 Å². The molecule has 0 radical (unpaired) electrons. The first-order chi connectivity index (χ1) is 8.53. The van der Waals surface area contributed by atoms with E-state index in [9.17, 15) is 0 Å². The summed E-state index contributed by atoms with van der Waals surface area (Å²) >= 11 is 3.44. The molecule has 0 heterocycles. The third kappa shape index (κ3) is 6.18. The van der Waals surface area contributed by atoms with Crippen LogP contribution in [0.2, 0.25) is 0 Å². The predicted octanol–water partition coefficient (Wildman–Crippen LogP) is 4.69. The molecule has 3 heteroatoms. The highest BCUT2D eigenvalue weighted by molar-refractivity contribution is 9.10. The summed E-state index contributed by atoms with van der Waals surface area (Å²) < 4.78 is 6.70. The SMILES string of the molecule is CC(C)(C#N)CCCCOCc1cccc(Br)c1. The van der Waals surface area contributed by atoms with Crippen LogP contribution in [0.5, 0.6) is 0 Å². The molecule has 0 saturated carbocycles. The zero-order valence-corrected chi connectivity index (χ0v) is 12.7. The third-order valence-electron chi connectivity index (χ3n) is 2.80. The van der Waals surface area contributed by atoms with Gasteiger partial charge in [0.2, 0.25) is 0 Å². The van der Waals surface area contributed by atoms with Gasteiger partial charge in [0.05, 0.1) is 18.1 Å². The molecular formula is C15H20BrNO. The molecule has 0 amide bonds. The van der Waals surface area contributed by atoms with E-state index in [1.54, 1.807) is 0 Å². The monoisotopic (exact) mass is 309 g/mol. The molecule has 0 aliphatic heterocycles. The highest BCUT2D eigenvalue weighted by Crippen LogP contribution is 2.21. The lowest BCUT2D eigenvalue weighted by atomic mass is 9.89. The highest BCUT2D eigenvalue weighted by atomic mass is 79.9. The van der Waals surface area contributed by atoms with Crippen molar-refractivity contribution in [2.45, 2.75) is 39.7 Å². The van der Waals surface area contributed by atoms with Crippen LogP contribution in [0.15, 0.2) is 28.7 Å². The van der Waals surface area contributed by atoms with Crippen LogP contribution < -0.4 is 0 Å². The zero-order valence-electron chi connectivity index (χ0n) is 11.1. The summed E-state index contributed by atoms with van der Waals surface area (Å²) in [6, 6.07) is 10.5. The average molecular weight is 310 g/mol. The predicted molar refractivity (Wildman–Crippen MR) is 77.0 cm³/mol. The van der Waals surface area contributed by atoms with E-state index >= 15 is 0 Å². The molecule has 1 aromatic carbocycles. The van der Waals surface area contributed by atoms with Crippen molar-refractivity contribution in [1.82, 2.24) is 0 Å². The smallest absolute Gasteiger partial charge is 0.0717 e. The molecule has 0 aliphatic rings. The van der Waals surface area contributed by atoms with E-state index in [-0.39, 0.29) is 5.41 Å². The number of hydrogen-bond acceptors (Lipinski definition) is 2. The molecule has 0 spiro atoms. The summed E-state index contributed by atoms with van der Waals surface area (Å²) in [6.07, 6.45) is 2.99. The van der Waals surface area contributed by atoms with Gasteiger partial charge in [0.1, 0.15) is 0 Å². The van der Waals surface area contributed by atoms with E-state index in [4.69, 9.17) is 10.00 Å². The first kappa shape index (κ1) is 15.2. The van der Waals surface area contributed by atoms with Crippen LogP contribution in [0.4, 0.5) is 0 Å². The minimum Gasteiger partial charge on any atom is -0.377 e. The Bertz CT molecular complexity index is 409. The summed E-state index contributed by atoms with van der Waals surface area (Å²) in [7, 11) is 0. The first-order valence-corrected chi connectivity index (χ1v) is 7.06. The molecule has 1 rings (SSSR count). The molecule has 0 N–H and O–H groups in total. The largest absolute Gasteiger partial charge is 0.377 e. The number of rotatable bonds is 7. The molecule has 0 unspecified atom stereocenters. The molecule has 0 fully saturated rings. The number of unbranched alkanes of at least 4 members (excludes halogenated alkanes) is 1. The van der Waals surface area contributed by atoms with Gasteiger partial charge < -0.3 is 4.74 Å². The van der Waals surface area contributed by atoms with Crippen LogP contribution in [0.3, 0.4) is 0 Å². The topological polar surface area (TPSA) is 33.0 Å². The maximum absolute atomic E-state index is 8.89. The summed E-state index contributed by atoms with van der Waals surface area (Å²) in [5.74, 6) is 0. The van der Waals surface area contributed by atoms with Crippen LogP contribution in [-0.2, 0) is 11.3 Å². The van der Waals surface area contributed by atoms with Gasteiger partial charge in [0.15, 0.2) is 0 Å². The van der Waals surface area contributed by atoms with Crippen LogP contribution in [0.25, 0.3) is 0 Å². The van der Waals surface area contributed by atoms with Crippen molar-refractivity contribution in [2.75, 3.05) is 6.61 Å². The number of halogens is 1. The normalized spacial score (nSPS) is 11.2. The van der Waals surface area contributed by atoms with Gasteiger partial charge in [-0.05, 0) is 50.8 Å². The molecular weight excluding hydrogens is 290 g/mol. The van der Waals surface area contributed by atoms with Crippen molar-refractivity contribution in [2.24, 2.45) is 5.41 Å². The quantitative estimate of drug-likeness (QED) is 0.685. The Morgan fingerprint density at radius 1 is 1.33 bits per heavy atom. The first-order valence-electron chi connectivity index (χ1n) is 6.27. The van der Waals surface area contributed by atoms with Gasteiger partial charge in [0.25, 0.3) is 0 Å². The molecule has 2 nitrogen and oxygen atoms in total. The highest BCUT2D eigenvalue weighted by Gasteiger charge is 2.15. The van der Waals surface area contributed by atoms with Crippen molar-refractivity contribution >= 4 is 15.9 Å². The fourth-order valence-electron chi connectivity index (χ4n) is 1.64. The lowest BCUT2D eigenvalue weighted by Gasteiger charge is -2.14. The fourth-order valence-corrected chi connectivity index (χ4v) is 2.09. The van der Waals surface area contributed by atoms with E-state index < -0.39 is 0 Å². The maximum Gasteiger partial charge on any atom is 0.0717 e. The van der Waals surface area contributed by atoms with Crippen molar-refractivity contribution in [3.8, 4) is 6.07 Å². The second-order valence-electron chi connectivity index (χ2n) is 5.14. The molecule has 18 heavy (non-hydrogen) atoms. The molecule has 0 atom stereocenters. The minimum absolute atomic E-state index is 0.204. The summed E-state index contributed by atoms with van der Waals surface area (Å²) in [4.78, 5) is 0. The zero-order chi connectivity index (χ0) is 13.4. The number of nitriles is 1. The van der Waals surface area contributed by atoms with Gasteiger partial charge in [-0.15, -0.1) is 0 Å². The molecule has 0 aliphatic carbocycles.